The first-order chi connectivity index (χ1) is 13.1. The van der Waals surface area contributed by atoms with Gasteiger partial charge in [0.15, 0.2) is 23.5 Å². The van der Waals surface area contributed by atoms with Crippen LogP contribution in [0.4, 0.5) is 0 Å². The summed E-state index contributed by atoms with van der Waals surface area (Å²) in [6.07, 6.45) is -0.420. The van der Waals surface area contributed by atoms with Crippen molar-refractivity contribution in [1.29, 1.82) is 0 Å². The third-order valence-corrected chi connectivity index (χ3v) is 4.66. The molecule has 2 aliphatic heterocycles. The number of benzene rings is 1. The van der Waals surface area contributed by atoms with E-state index in [1.165, 1.54) is 0 Å². The van der Waals surface area contributed by atoms with E-state index in [-0.39, 0.29) is 5.91 Å². The lowest BCUT2D eigenvalue weighted by molar-refractivity contribution is -0.0585. The van der Waals surface area contributed by atoms with Gasteiger partial charge in [-0.1, -0.05) is 6.07 Å². The maximum Gasteiger partial charge on any atom is 0.274 e. The molecule has 0 saturated carbocycles. The summed E-state index contributed by atoms with van der Waals surface area (Å²) in [5.41, 5.74) is 2.27. The van der Waals surface area contributed by atoms with Crippen molar-refractivity contribution in [3.63, 3.8) is 0 Å². The third kappa shape index (κ3) is 3.91. The van der Waals surface area contributed by atoms with Crippen LogP contribution in [0.2, 0.25) is 0 Å². The molecule has 0 unspecified atom stereocenters. The van der Waals surface area contributed by atoms with Gasteiger partial charge < -0.3 is 23.8 Å². The van der Waals surface area contributed by atoms with Gasteiger partial charge in [-0.05, 0) is 30.7 Å². The lowest BCUT2D eigenvalue weighted by Crippen LogP contribution is -2.37. The van der Waals surface area contributed by atoms with E-state index in [4.69, 9.17) is 18.9 Å². The van der Waals surface area contributed by atoms with Gasteiger partial charge in [0.1, 0.15) is 13.2 Å². The highest BCUT2D eigenvalue weighted by Gasteiger charge is 2.26. The minimum Gasteiger partial charge on any atom is -0.486 e. The predicted octanol–water partition coefficient (Wildman–Crippen LogP) is 1.52. The summed E-state index contributed by atoms with van der Waals surface area (Å²) in [6, 6.07) is 7.51. The summed E-state index contributed by atoms with van der Waals surface area (Å²) in [5, 5.41) is 4.32. The molecule has 1 aromatic carbocycles. The Kier molecular flexibility index (Phi) is 5.00. The fourth-order valence-electron chi connectivity index (χ4n) is 3.15. The molecule has 0 N–H and O–H groups in total. The molecule has 2 aliphatic rings. The summed E-state index contributed by atoms with van der Waals surface area (Å²) in [6.45, 7) is 4.80. The summed E-state index contributed by atoms with van der Waals surface area (Å²) in [4.78, 5) is 14.8. The number of ether oxygens (including phenoxy) is 4. The molecule has 8 nitrogen and oxygen atoms in total. The number of carbonyl (C=O) groups is 1. The Morgan fingerprint density at radius 1 is 1.15 bits per heavy atom. The first kappa shape index (κ1) is 17.8. The summed E-state index contributed by atoms with van der Waals surface area (Å²) >= 11 is 0. The largest absolute Gasteiger partial charge is 0.486 e. The summed E-state index contributed by atoms with van der Waals surface area (Å²) < 4.78 is 24.0. The van der Waals surface area contributed by atoms with Crippen molar-refractivity contribution in [3.8, 4) is 11.5 Å². The molecule has 1 aromatic heterocycles. The number of aryl methyl sites for hydroxylation is 2. The highest BCUT2D eigenvalue weighted by atomic mass is 16.7. The maximum absolute atomic E-state index is 13.1. The SMILES string of the molecule is Cc1cc(C(=O)N(Cc2ccc3c(c2)OCCO3)CC2OCCO2)nn1C. The van der Waals surface area contributed by atoms with Crippen molar-refractivity contribution in [1.82, 2.24) is 14.7 Å². The van der Waals surface area contributed by atoms with Crippen molar-refractivity contribution in [2.75, 3.05) is 33.0 Å². The van der Waals surface area contributed by atoms with Crippen molar-refractivity contribution < 1.29 is 23.7 Å². The minimum absolute atomic E-state index is 0.160. The lowest BCUT2D eigenvalue weighted by atomic mass is 10.1. The second-order valence-corrected chi connectivity index (χ2v) is 6.63. The number of nitrogens with zero attached hydrogens (tertiary/aromatic N) is 3. The standard InChI is InChI=1S/C19H23N3O5/c1-13-9-15(20-21(13)2)19(23)22(12-18-26-7-8-27-18)11-14-3-4-16-17(10-14)25-6-5-24-16/h3-4,9-10,18H,5-8,11-12H2,1-2H3. The predicted molar refractivity (Wildman–Crippen MR) is 95.8 cm³/mol. The molecule has 2 aromatic rings. The van der Waals surface area contributed by atoms with Gasteiger partial charge in [0.05, 0.1) is 19.8 Å². The Morgan fingerprint density at radius 3 is 2.59 bits per heavy atom. The van der Waals surface area contributed by atoms with Crippen LogP contribution in [0.25, 0.3) is 0 Å². The molecule has 1 amide bonds. The first-order valence-electron chi connectivity index (χ1n) is 9.02. The van der Waals surface area contributed by atoms with Crippen LogP contribution < -0.4 is 9.47 Å². The number of amides is 1. The van der Waals surface area contributed by atoms with Crippen LogP contribution in [0.3, 0.4) is 0 Å². The van der Waals surface area contributed by atoms with Gasteiger partial charge in [-0.25, -0.2) is 0 Å². The van der Waals surface area contributed by atoms with E-state index in [9.17, 15) is 4.79 Å². The van der Waals surface area contributed by atoms with Crippen LogP contribution in [0.5, 0.6) is 11.5 Å². The fraction of sp³-hybridized carbons (Fsp3) is 0.474. The Hall–Kier alpha value is -2.58. The van der Waals surface area contributed by atoms with Crippen molar-refractivity contribution in [2.24, 2.45) is 7.05 Å². The van der Waals surface area contributed by atoms with Crippen LogP contribution >= 0.6 is 0 Å². The van der Waals surface area contributed by atoms with E-state index in [1.807, 2.05) is 32.2 Å². The zero-order valence-corrected chi connectivity index (χ0v) is 15.5. The molecule has 1 saturated heterocycles. The highest BCUT2D eigenvalue weighted by Crippen LogP contribution is 2.31. The second kappa shape index (κ2) is 7.58. The van der Waals surface area contributed by atoms with E-state index in [2.05, 4.69) is 5.10 Å². The maximum atomic E-state index is 13.1. The van der Waals surface area contributed by atoms with E-state index < -0.39 is 6.29 Å². The number of carbonyl (C=O) groups excluding carboxylic acids is 1. The quantitative estimate of drug-likeness (QED) is 0.791. The zero-order valence-electron chi connectivity index (χ0n) is 15.5. The lowest BCUT2D eigenvalue weighted by Gasteiger charge is -2.25. The van der Waals surface area contributed by atoms with Crippen LogP contribution in [0, 0.1) is 6.92 Å². The Labute approximate surface area is 157 Å². The number of hydrogen-bond donors (Lipinski definition) is 0. The molecular formula is C19H23N3O5. The monoisotopic (exact) mass is 373 g/mol. The molecule has 4 rings (SSSR count). The zero-order chi connectivity index (χ0) is 18.8. The molecule has 144 valence electrons. The Bertz CT molecular complexity index is 809. The van der Waals surface area contributed by atoms with Crippen LogP contribution in [-0.2, 0) is 23.1 Å². The van der Waals surface area contributed by atoms with E-state index in [1.54, 1.807) is 15.6 Å². The third-order valence-electron chi connectivity index (χ3n) is 4.66. The minimum atomic E-state index is -0.420. The van der Waals surface area contributed by atoms with E-state index in [0.29, 0.717) is 51.0 Å². The molecule has 0 bridgehead atoms. The van der Waals surface area contributed by atoms with Gasteiger partial charge >= 0.3 is 0 Å². The van der Waals surface area contributed by atoms with E-state index in [0.717, 1.165) is 17.0 Å². The second-order valence-electron chi connectivity index (χ2n) is 6.63. The smallest absolute Gasteiger partial charge is 0.274 e. The molecule has 0 aliphatic carbocycles. The molecule has 1 fully saturated rings. The summed E-state index contributed by atoms with van der Waals surface area (Å²) in [7, 11) is 1.82. The topological polar surface area (TPSA) is 75.1 Å². The van der Waals surface area contributed by atoms with Gasteiger partial charge in [0.2, 0.25) is 0 Å². The van der Waals surface area contributed by atoms with Crippen molar-refractivity contribution in [3.05, 3.63) is 41.2 Å². The molecule has 3 heterocycles. The molecule has 0 atom stereocenters. The van der Waals surface area contributed by atoms with Gasteiger partial charge in [0.25, 0.3) is 5.91 Å². The molecule has 8 heteroatoms. The van der Waals surface area contributed by atoms with Gasteiger partial charge in [-0.2, -0.15) is 5.10 Å². The molecule has 27 heavy (non-hydrogen) atoms. The van der Waals surface area contributed by atoms with E-state index >= 15 is 0 Å². The Balaban J connectivity index is 1.56. The summed E-state index contributed by atoms with van der Waals surface area (Å²) in [5.74, 6) is 1.27. The number of hydrogen-bond acceptors (Lipinski definition) is 6. The fourth-order valence-corrected chi connectivity index (χ4v) is 3.15. The average Bonchev–Trinajstić information content (AvgIpc) is 3.30. The van der Waals surface area contributed by atoms with Crippen molar-refractivity contribution >= 4 is 5.91 Å². The van der Waals surface area contributed by atoms with Crippen LogP contribution in [-0.4, -0.2) is 59.8 Å². The molecular weight excluding hydrogens is 350 g/mol. The first-order valence-corrected chi connectivity index (χ1v) is 9.02. The number of aromatic nitrogens is 2. The molecule has 0 radical (unpaired) electrons. The number of rotatable bonds is 5. The van der Waals surface area contributed by atoms with Crippen LogP contribution in [0.15, 0.2) is 24.3 Å². The molecule has 0 spiro atoms. The Morgan fingerprint density at radius 2 is 1.89 bits per heavy atom. The van der Waals surface area contributed by atoms with Crippen molar-refractivity contribution in [2.45, 2.75) is 19.8 Å². The van der Waals surface area contributed by atoms with Gasteiger partial charge in [-0.15, -0.1) is 0 Å². The number of fused-ring (bicyclic) bond motifs is 1. The average molecular weight is 373 g/mol. The van der Waals surface area contributed by atoms with Gasteiger partial charge in [0, 0.05) is 19.3 Å². The van der Waals surface area contributed by atoms with Crippen LogP contribution in [0.1, 0.15) is 21.7 Å². The normalized spacial score (nSPS) is 16.5. The van der Waals surface area contributed by atoms with Gasteiger partial charge in [-0.3, -0.25) is 9.48 Å². The highest BCUT2D eigenvalue weighted by molar-refractivity contribution is 5.92.